The van der Waals surface area contributed by atoms with Crippen LogP contribution in [0.5, 0.6) is 0 Å². The Labute approximate surface area is 87.7 Å². The van der Waals surface area contributed by atoms with Crippen LogP contribution in [0.1, 0.15) is 12.8 Å². The van der Waals surface area contributed by atoms with Crippen molar-refractivity contribution >= 4 is 17.4 Å². The van der Waals surface area contributed by atoms with Gasteiger partial charge in [0.2, 0.25) is 0 Å². The van der Waals surface area contributed by atoms with Gasteiger partial charge in [-0.05, 0) is 12.8 Å². The van der Waals surface area contributed by atoms with Crippen LogP contribution in [0.15, 0.2) is 12.5 Å². The third-order valence-electron chi connectivity index (χ3n) is 2.23. The molecule has 0 spiro atoms. The molecule has 1 aliphatic rings. The summed E-state index contributed by atoms with van der Waals surface area (Å²) in [7, 11) is 0. The van der Waals surface area contributed by atoms with E-state index in [0.717, 1.165) is 26.1 Å². The lowest BCUT2D eigenvalue weighted by molar-refractivity contribution is 0.0904. The van der Waals surface area contributed by atoms with Gasteiger partial charge >= 0.3 is 0 Å². The van der Waals surface area contributed by atoms with Crippen molar-refractivity contribution in [1.29, 1.82) is 0 Å². The van der Waals surface area contributed by atoms with Gasteiger partial charge in [-0.25, -0.2) is 9.97 Å². The number of ether oxygens (including phenoxy) is 1. The number of anilines is 1. The summed E-state index contributed by atoms with van der Waals surface area (Å²) in [6, 6.07) is 0.413. The Bertz CT molecular complexity index is 302. The SMILES string of the molecule is Clc1cncnc1NC1CCOCC1. The maximum absolute atomic E-state index is 5.92. The summed E-state index contributed by atoms with van der Waals surface area (Å²) >= 11 is 5.92. The zero-order chi connectivity index (χ0) is 9.80. The van der Waals surface area contributed by atoms with Crippen LogP contribution in [0.2, 0.25) is 5.02 Å². The number of aromatic nitrogens is 2. The lowest BCUT2D eigenvalue weighted by atomic mass is 10.1. The van der Waals surface area contributed by atoms with E-state index in [0.29, 0.717) is 16.9 Å². The molecule has 1 aromatic heterocycles. The average molecular weight is 214 g/mol. The second kappa shape index (κ2) is 4.57. The molecule has 0 bridgehead atoms. The summed E-state index contributed by atoms with van der Waals surface area (Å²) in [4.78, 5) is 7.91. The minimum absolute atomic E-state index is 0.413. The Morgan fingerprint density at radius 3 is 2.93 bits per heavy atom. The minimum atomic E-state index is 0.413. The van der Waals surface area contributed by atoms with Crippen LogP contribution < -0.4 is 5.32 Å². The van der Waals surface area contributed by atoms with Crippen molar-refractivity contribution in [3.8, 4) is 0 Å². The molecule has 0 amide bonds. The molecule has 14 heavy (non-hydrogen) atoms. The highest BCUT2D eigenvalue weighted by Gasteiger charge is 2.14. The van der Waals surface area contributed by atoms with Crippen LogP contribution in [0.4, 0.5) is 5.82 Å². The van der Waals surface area contributed by atoms with Gasteiger partial charge in [0.25, 0.3) is 0 Å². The van der Waals surface area contributed by atoms with Crippen molar-refractivity contribution in [2.45, 2.75) is 18.9 Å². The molecule has 0 aromatic carbocycles. The predicted octanol–water partition coefficient (Wildman–Crippen LogP) is 1.72. The molecule has 76 valence electrons. The maximum atomic E-state index is 5.92. The number of halogens is 1. The molecule has 1 aliphatic heterocycles. The quantitative estimate of drug-likeness (QED) is 0.813. The molecule has 1 fully saturated rings. The molecule has 5 heteroatoms. The molecule has 0 saturated carbocycles. The Kier molecular flexibility index (Phi) is 3.16. The van der Waals surface area contributed by atoms with Gasteiger partial charge in [0.05, 0.1) is 6.20 Å². The van der Waals surface area contributed by atoms with Crippen LogP contribution in [0.3, 0.4) is 0 Å². The molecule has 1 saturated heterocycles. The third kappa shape index (κ3) is 2.33. The third-order valence-corrected chi connectivity index (χ3v) is 2.51. The van der Waals surface area contributed by atoms with Gasteiger partial charge in [0, 0.05) is 19.3 Å². The first-order valence-electron chi connectivity index (χ1n) is 4.66. The zero-order valence-corrected chi connectivity index (χ0v) is 8.50. The molecule has 0 unspecified atom stereocenters. The highest BCUT2D eigenvalue weighted by Crippen LogP contribution is 2.19. The van der Waals surface area contributed by atoms with Gasteiger partial charge in [-0.3, -0.25) is 0 Å². The topological polar surface area (TPSA) is 47.0 Å². The second-order valence-corrected chi connectivity index (χ2v) is 3.66. The number of rotatable bonds is 2. The number of nitrogens with zero attached hydrogens (tertiary/aromatic N) is 2. The van der Waals surface area contributed by atoms with Crippen molar-refractivity contribution in [2.75, 3.05) is 18.5 Å². The summed E-state index contributed by atoms with van der Waals surface area (Å²) in [5.74, 6) is 0.716. The molecular formula is C9H12ClN3O. The van der Waals surface area contributed by atoms with Crippen LogP contribution in [0.25, 0.3) is 0 Å². The monoisotopic (exact) mass is 213 g/mol. The van der Waals surface area contributed by atoms with E-state index in [-0.39, 0.29) is 0 Å². The summed E-state index contributed by atoms with van der Waals surface area (Å²) in [6.45, 7) is 1.61. The first-order chi connectivity index (χ1) is 6.86. The lowest BCUT2D eigenvalue weighted by Gasteiger charge is -2.23. The number of hydrogen-bond acceptors (Lipinski definition) is 4. The molecule has 2 heterocycles. The predicted molar refractivity (Wildman–Crippen MR) is 54.5 cm³/mol. The minimum Gasteiger partial charge on any atom is -0.381 e. The Balaban J connectivity index is 1.99. The maximum Gasteiger partial charge on any atom is 0.148 e. The average Bonchev–Trinajstić information content (AvgIpc) is 2.23. The van der Waals surface area contributed by atoms with E-state index in [1.165, 1.54) is 6.33 Å². The van der Waals surface area contributed by atoms with E-state index in [1.54, 1.807) is 6.20 Å². The molecular weight excluding hydrogens is 202 g/mol. The Morgan fingerprint density at radius 1 is 1.43 bits per heavy atom. The van der Waals surface area contributed by atoms with Crippen LogP contribution in [-0.2, 0) is 4.74 Å². The standard InChI is InChI=1S/C9H12ClN3O/c10-8-5-11-6-12-9(8)13-7-1-3-14-4-2-7/h5-7H,1-4H2,(H,11,12,13). The van der Waals surface area contributed by atoms with E-state index in [1.807, 2.05) is 0 Å². The summed E-state index contributed by atoms with van der Waals surface area (Å²) in [6.07, 6.45) is 5.09. The molecule has 1 aromatic rings. The van der Waals surface area contributed by atoms with E-state index < -0.39 is 0 Å². The van der Waals surface area contributed by atoms with Crippen molar-refractivity contribution in [3.63, 3.8) is 0 Å². The summed E-state index contributed by atoms with van der Waals surface area (Å²) < 4.78 is 5.26. The Morgan fingerprint density at radius 2 is 2.21 bits per heavy atom. The Hall–Kier alpha value is -0.870. The first-order valence-corrected chi connectivity index (χ1v) is 5.04. The smallest absolute Gasteiger partial charge is 0.148 e. The normalized spacial score (nSPS) is 18.1. The van der Waals surface area contributed by atoms with Gasteiger partial charge in [0.1, 0.15) is 17.2 Å². The van der Waals surface area contributed by atoms with Gasteiger partial charge in [-0.1, -0.05) is 11.6 Å². The van der Waals surface area contributed by atoms with Crippen molar-refractivity contribution in [3.05, 3.63) is 17.5 Å². The van der Waals surface area contributed by atoms with Crippen LogP contribution >= 0.6 is 11.6 Å². The fraction of sp³-hybridized carbons (Fsp3) is 0.556. The highest BCUT2D eigenvalue weighted by molar-refractivity contribution is 6.32. The lowest BCUT2D eigenvalue weighted by Crippen LogP contribution is -2.28. The fourth-order valence-electron chi connectivity index (χ4n) is 1.45. The molecule has 2 rings (SSSR count). The first kappa shape index (κ1) is 9.68. The highest BCUT2D eigenvalue weighted by atomic mass is 35.5. The van der Waals surface area contributed by atoms with Gasteiger partial charge in [-0.15, -0.1) is 0 Å². The van der Waals surface area contributed by atoms with Crippen molar-refractivity contribution < 1.29 is 4.74 Å². The zero-order valence-electron chi connectivity index (χ0n) is 7.74. The van der Waals surface area contributed by atoms with E-state index in [4.69, 9.17) is 16.3 Å². The van der Waals surface area contributed by atoms with Gasteiger partial charge < -0.3 is 10.1 Å². The number of hydrogen-bond donors (Lipinski definition) is 1. The molecule has 0 atom stereocenters. The van der Waals surface area contributed by atoms with Gasteiger partial charge in [-0.2, -0.15) is 0 Å². The second-order valence-electron chi connectivity index (χ2n) is 3.25. The van der Waals surface area contributed by atoms with E-state index in [2.05, 4.69) is 15.3 Å². The van der Waals surface area contributed by atoms with Gasteiger partial charge in [0.15, 0.2) is 0 Å². The molecule has 0 aliphatic carbocycles. The van der Waals surface area contributed by atoms with Crippen LogP contribution in [-0.4, -0.2) is 29.2 Å². The van der Waals surface area contributed by atoms with Crippen molar-refractivity contribution in [2.24, 2.45) is 0 Å². The summed E-state index contributed by atoms with van der Waals surface area (Å²) in [5.41, 5.74) is 0. The number of nitrogens with one attached hydrogen (secondary N) is 1. The van der Waals surface area contributed by atoms with E-state index in [9.17, 15) is 0 Å². The summed E-state index contributed by atoms with van der Waals surface area (Å²) in [5, 5.41) is 3.85. The van der Waals surface area contributed by atoms with E-state index >= 15 is 0 Å². The fourth-order valence-corrected chi connectivity index (χ4v) is 1.61. The van der Waals surface area contributed by atoms with Crippen molar-refractivity contribution in [1.82, 2.24) is 9.97 Å². The molecule has 4 nitrogen and oxygen atoms in total. The molecule has 0 radical (unpaired) electrons. The molecule has 1 N–H and O–H groups in total. The largest absolute Gasteiger partial charge is 0.381 e. The van der Waals surface area contributed by atoms with Crippen LogP contribution in [0, 0.1) is 0 Å².